The first-order chi connectivity index (χ1) is 9.88. The molecule has 1 saturated heterocycles. The standard InChI is InChI=1S/C13H25N5O2S/c1-3-6-18-12(15)11(21(2,19)20)13(16-18)17-7-4-5-10(8-14)9-17/h10H,3-9,14-15H2,1-2H3. The second-order valence-corrected chi connectivity index (χ2v) is 7.68. The van der Waals surface area contributed by atoms with Crippen molar-refractivity contribution < 1.29 is 8.42 Å². The average Bonchev–Trinajstić information content (AvgIpc) is 2.76. The van der Waals surface area contributed by atoms with Gasteiger partial charge in [-0.05, 0) is 31.7 Å². The van der Waals surface area contributed by atoms with Crippen LogP contribution in [-0.2, 0) is 16.4 Å². The van der Waals surface area contributed by atoms with Crippen molar-refractivity contribution in [2.75, 3.05) is 36.5 Å². The van der Waals surface area contributed by atoms with Crippen LogP contribution in [0.2, 0.25) is 0 Å². The molecule has 2 heterocycles. The molecule has 0 amide bonds. The van der Waals surface area contributed by atoms with Crippen LogP contribution in [0.3, 0.4) is 0 Å². The van der Waals surface area contributed by atoms with Crippen LogP contribution in [-0.4, -0.2) is 44.1 Å². The lowest BCUT2D eigenvalue weighted by Gasteiger charge is -2.32. The van der Waals surface area contributed by atoms with Crippen molar-refractivity contribution in [1.29, 1.82) is 0 Å². The molecule has 1 fully saturated rings. The summed E-state index contributed by atoms with van der Waals surface area (Å²) in [6.07, 6.45) is 4.10. The molecule has 1 aromatic heterocycles. The van der Waals surface area contributed by atoms with Crippen molar-refractivity contribution in [1.82, 2.24) is 9.78 Å². The molecule has 0 saturated carbocycles. The van der Waals surface area contributed by atoms with E-state index >= 15 is 0 Å². The minimum atomic E-state index is -3.42. The van der Waals surface area contributed by atoms with E-state index in [1.807, 2.05) is 11.8 Å². The molecule has 8 heteroatoms. The number of nitrogens with two attached hydrogens (primary N) is 2. The van der Waals surface area contributed by atoms with Crippen LogP contribution in [0.5, 0.6) is 0 Å². The van der Waals surface area contributed by atoms with Crippen molar-refractivity contribution in [3.63, 3.8) is 0 Å². The minimum absolute atomic E-state index is 0.161. The maximum Gasteiger partial charge on any atom is 0.182 e. The smallest absolute Gasteiger partial charge is 0.182 e. The molecule has 1 aliphatic rings. The predicted octanol–water partition coefficient (Wildman–Crippen LogP) is 0.454. The molecule has 21 heavy (non-hydrogen) atoms. The van der Waals surface area contributed by atoms with Crippen LogP contribution >= 0.6 is 0 Å². The SMILES string of the molecule is CCCn1nc(N2CCCC(CN)C2)c(S(C)(=O)=O)c1N. The summed E-state index contributed by atoms with van der Waals surface area (Å²) in [6, 6.07) is 0. The van der Waals surface area contributed by atoms with Crippen LogP contribution in [0.25, 0.3) is 0 Å². The maximum absolute atomic E-state index is 12.1. The zero-order chi connectivity index (χ0) is 15.6. The molecule has 7 nitrogen and oxygen atoms in total. The highest BCUT2D eigenvalue weighted by atomic mass is 32.2. The zero-order valence-corrected chi connectivity index (χ0v) is 13.6. The number of nitrogen functional groups attached to an aromatic ring is 1. The number of aromatic nitrogens is 2. The Morgan fingerprint density at radius 2 is 2.14 bits per heavy atom. The van der Waals surface area contributed by atoms with Gasteiger partial charge < -0.3 is 16.4 Å². The Kier molecular flexibility index (Phi) is 4.77. The Hall–Kier alpha value is -1.28. The lowest BCUT2D eigenvalue weighted by Crippen LogP contribution is -2.39. The van der Waals surface area contributed by atoms with Gasteiger partial charge >= 0.3 is 0 Å². The normalized spacial score (nSPS) is 20.0. The predicted molar refractivity (Wildman–Crippen MR) is 84.0 cm³/mol. The molecule has 1 aliphatic heterocycles. The van der Waals surface area contributed by atoms with E-state index < -0.39 is 9.84 Å². The lowest BCUT2D eigenvalue weighted by atomic mass is 9.98. The second kappa shape index (κ2) is 6.23. The molecule has 0 aromatic carbocycles. The molecule has 1 unspecified atom stereocenters. The third-order valence-corrected chi connectivity index (χ3v) is 5.02. The number of aryl methyl sites for hydroxylation is 1. The van der Waals surface area contributed by atoms with Crippen molar-refractivity contribution in [2.24, 2.45) is 11.7 Å². The van der Waals surface area contributed by atoms with Gasteiger partial charge in [0.2, 0.25) is 0 Å². The molecule has 4 N–H and O–H groups in total. The first-order valence-electron chi connectivity index (χ1n) is 7.39. The van der Waals surface area contributed by atoms with Crippen LogP contribution < -0.4 is 16.4 Å². The summed E-state index contributed by atoms with van der Waals surface area (Å²) in [5.74, 6) is 1.11. The maximum atomic E-state index is 12.1. The van der Waals surface area contributed by atoms with Gasteiger partial charge in [0, 0.05) is 25.9 Å². The van der Waals surface area contributed by atoms with Gasteiger partial charge in [-0.2, -0.15) is 5.10 Å². The number of hydrogen-bond donors (Lipinski definition) is 2. The Morgan fingerprint density at radius 1 is 1.43 bits per heavy atom. The first-order valence-corrected chi connectivity index (χ1v) is 9.29. The summed E-state index contributed by atoms with van der Waals surface area (Å²) in [6.45, 7) is 4.76. The van der Waals surface area contributed by atoms with Gasteiger partial charge in [0.15, 0.2) is 20.6 Å². The largest absolute Gasteiger partial charge is 0.383 e. The van der Waals surface area contributed by atoms with Gasteiger partial charge in [0.1, 0.15) is 5.82 Å². The number of nitrogens with zero attached hydrogens (tertiary/aromatic N) is 3. The summed E-state index contributed by atoms with van der Waals surface area (Å²) in [7, 11) is -3.42. The molecule has 120 valence electrons. The van der Waals surface area contributed by atoms with E-state index in [0.717, 1.165) is 32.4 Å². The van der Waals surface area contributed by atoms with E-state index in [0.29, 0.717) is 24.8 Å². The van der Waals surface area contributed by atoms with Gasteiger partial charge in [-0.1, -0.05) is 6.92 Å². The topological polar surface area (TPSA) is 107 Å². The number of anilines is 2. The minimum Gasteiger partial charge on any atom is -0.383 e. The first kappa shape index (κ1) is 16.1. The van der Waals surface area contributed by atoms with Crippen molar-refractivity contribution in [3.05, 3.63) is 0 Å². The number of hydrogen-bond acceptors (Lipinski definition) is 6. The molecule has 0 bridgehead atoms. The quantitative estimate of drug-likeness (QED) is 0.817. The molecule has 0 spiro atoms. The van der Waals surface area contributed by atoms with E-state index in [9.17, 15) is 8.42 Å². The van der Waals surface area contributed by atoms with E-state index in [4.69, 9.17) is 11.5 Å². The van der Waals surface area contributed by atoms with Gasteiger partial charge in [0.05, 0.1) is 0 Å². The Bertz CT molecular complexity index is 596. The number of rotatable bonds is 5. The molecular weight excluding hydrogens is 290 g/mol. The average molecular weight is 315 g/mol. The zero-order valence-electron chi connectivity index (χ0n) is 12.7. The highest BCUT2D eigenvalue weighted by molar-refractivity contribution is 7.91. The van der Waals surface area contributed by atoms with Crippen molar-refractivity contribution in [3.8, 4) is 0 Å². The fourth-order valence-corrected chi connectivity index (χ4v) is 3.83. The summed E-state index contributed by atoms with van der Waals surface area (Å²) >= 11 is 0. The van der Waals surface area contributed by atoms with E-state index in [-0.39, 0.29) is 10.7 Å². The fourth-order valence-electron chi connectivity index (χ4n) is 2.84. The molecule has 0 radical (unpaired) electrons. The van der Waals surface area contributed by atoms with Gasteiger partial charge in [-0.3, -0.25) is 0 Å². The summed E-state index contributed by atoms with van der Waals surface area (Å²) < 4.78 is 25.8. The number of sulfone groups is 1. The Labute approximate surface area is 126 Å². The Balaban J connectivity index is 2.44. The van der Waals surface area contributed by atoms with Crippen LogP contribution in [0.15, 0.2) is 4.90 Å². The third-order valence-electron chi connectivity index (χ3n) is 3.89. The summed E-state index contributed by atoms with van der Waals surface area (Å²) in [4.78, 5) is 2.17. The molecule has 2 rings (SSSR count). The van der Waals surface area contributed by atoms with Gasteiger partial charge in [-0.25, -0.2) is 13.1 Å². The van der Waals surface area contributed by atoms with E-state index in [1.54, 1.807) is 4.68 Å². The van der Waals surface area contributed by atoms with Crippen LogP contribution in [0, 0.1) is 5.92 Å². The van der Waals surface area contributed by atoms with E-state index in [1.165, 1.54) is 6.26 Å². The van der Waals surface area contributed by atoms with E-state index in [2.05, 4.69) is 5.10 Å². The lowest BCUT2D eigenvalue weighted by molar-refractivity contribution is 0.419. The molecule has 0 aliphatic carbocycles. The highest BCUT2D eigenvalue weighted by Gasteiger charge is 2.30. The monoisotopic (exact) mass is 315 g/mol. The van der Waals surface area contributed by atoms with Crippen molar-refractivity contribution in [2.45, 2.75) is 37.6 Å². The molecule has 1 aromatic rings. The Morgan fingerprint density at radius 3 is 2.71 bits per heavy atom. The van der Waals surface area contributed by atoms with Gasteiger partial charge in [0.25, 0.3) is 0 Å². The highest BCUT2D eigenvalue weighted by Crippen LogP contribution is 2.32. The molecule has 1 atom stereocenters. The summed E-state index contributed by atoms with van der Waals surface area (Å²) in [5, 5.41) is 4.46. The number of piperidine rings is 1. The molecular formula is C13H25N5O2S. The van der Waals surface area contributed by atoms with Crippen LogP contribution in [0.4, 0.5) is 11.6 Å². The van der Waals surface area contributed by atoms with Crippen LogP contribution in [0.1, 0.15) is 26.2 Å². The second-order valence-electron chi connectivity index (χ2n) is 5.72. The van der Waals surface area contributed by atoms with Gasteiger partial charge in [-0.15, -0.1) is 0 Å². The summed E-state index contributed by atoms with van der Waals surface area (Å²) in [5.41, 5.74) is 11.8. The fraction of sp³-hybridized carbons (Fsp3) is 0.769. The third kappa shape index (κ3) is 3.32. The van der Waals surface area contributed by atoms with Crippen molar-refractivity contribution >= 4 is 21.5 Å².